The molecule has 2 amide bonds. The summed E-state index contributed by atoms with van der Waals surface area (Å²) in [4.78, 5) is 30.5. The van der Waals surface area contributed by atoms with E-state index in [9.17, 15) is 9.59 Å². The second kappa shape index (κ2) is 8.18. The summed E-state index contributed by atoms with van der Waals surface area (Å²) < 4.78 is 5.33. The van der Waals surface area contributed by atoms with Gasteiger partial charge in [-0.3, -0.25) is 9.59 Å². The molecule has 0 spiro atoms. The van der Waals surface area contributed by atoms with Crippen LogP contribution in [0.2, 0.25) is 0 Å². The van der Waals surface area contributed by atoms with Crippen molar-refractivity contribution in [3.8, 4) is 5.75 Å². The van der Waals surface area contributed by atoms with E-state index in [1.54, 1.807) is 12.0 Å². The molecular formula is C18H22N4O3S. The maximum Gasteiger partial charge on any atom is 0.225 e. The van der Waals surface area contributed by atoms with Crippen LogP contribution >= 0.6 is 11.3 Å². The van der Waals surface area contributed by atoms with Crippen LogP contribution in [0, 0.1) is 5.92 Å². The molecule has 3 rings (SSSR count). The molecule has 8 heteroatoms. The number of ether oxygens (including phenoxy) is 1. The number of hydrogen-bond donors (Lipinski definition) is 2. The first-order valence-corrected chi connectivity index (χ1v) is 9.32. The molecule has 1 aliphatic heterocycles. The summed E-state index contributed by atoms with van der Waals surface area (Å²) in [5, 5.41) is 5.30. The molecule has 26 heavy (non-hydrogen) atoms. The van der Waals surface area contributed by atoms with Gasteiger partial charge in [-0.1, -0.05) is 18.2 Å². The molecular weight excluding hydrogens is 352 g/mol. The minimum absolute atomic E-state index is 0.0108. The van der Waals surface area contributed by atoms with Gasteiger partial charge in [-0.2, -0.15) is 0 Å². The summed E-state index contributed by atoms with van der Waals surface area (Å²) in [6, 6.07) is 7.60. The third-order valence-corrected chi connectivity index (χ3v) is 5.11. The van der Waals surface area contributed by atoms with Crippen molar-refractivity contribution in [3.63, 3.8) is 0 Å². The van der Waals surface area contributed by atoms with E-state index in [1.807, 2.05) is 29.6 Å². The minimum atomic E-state index is -0.322. The van der Waals surface area contributed by atoms with Crippen LogP contribution < -0.4 is 15.8 Å². The zero-order chi connectivity index (χ0) is 18.5. The standard InChI is InChI=1S/C18H22N4O3S/c1-25-15-5-3-2-4-12(15)9-22-10-13(8-16(22)23)17(24)20-7-6-14-11-26-18(19)21-14/h2-5,11,13H,6-10H2,1H3,(H2,19,21)(H,20,24)/t13-/m1/s1. The van der Waals surface area contributed by atoms with Crippen molar-refractivity contribution in [1.82, 2.24) is 15.2 Å². The third kappa shape index (κ3) is 4.32. The van der Waals surface area contributed by atoms with Crippen molar-refractivity contribution < 1.29 is 14.3 Å². The quantitative estimate of drug-likeness (QED) is 0.764. The minimum Gasteiger partial charge on any atom is -0.496 e. The molecule has 1 aliphatic rings. The van der Waals surface area contributed by atoms with Crippen molar-refractivity contribution in [2.24, 2.45) is 5.92 Å². The van der Waals surface area contributed by atoms with E-state index in [1.165, 1.54) is 11.3 Å². The van der Waals surface area contributed by atoms with Gasteiger partial charge in [-0.15, -0.1) is 11.3 Å². The first-order valence-electron chi connectivity index (χ1n) is 8.44. The van der Waals surface area contributed by atoms with Gasteiger partial charge in [0.25, 0.3) is 0 Å². The summed E-state index contributed by atoms with van der Waals surface area (Å²) in [7, 11) is 1.61. The zero-order valence-corrected chi connectivity index (χ0v) is 15.4. The molecule has 138 valence electrons. The second-order valence-electron chi connectivity index (χ2n) is 6.21. The lowest BCUT2D eigenvalue weighted by Crippen LogP contribution is -2.34. The topological polar surface area (TPSA) is 97.6 Å². The Morgan fingerprint density at radius 2 is 2.27 bits per heavy atom. The van der Waals surface area contributed by atoms with Crippen LogP contribution in [0.5, 0.6) is 5.75 Å². The molecule has 1 fully saturated rings. The van der Waals surface area contributed by atoms with Crippen LogP contribution in [0.3, 0.4) is 0 Å². The smallest absolute Gasteiger partial charge is 0.225 e. The number of carbonyl (C=O) groups excluding carboxylic acids is 2. The lowest BCUT2D eigenvalue weighted by molar-refractivity contribution is -0.129. The first kappa shape index (κ1) is 18.2. The number of amides is 2. The van der Waals surface area contributed by atoms with Crippen LogP contribution in [0.4, 0.5) is 5.13 Å². The van der Waals surface area contributed by atoms with Crippen LogP contribution in [0.1, 0.15) is 17.7 Å². The predicted octanol–water partition coefficient (Wildman–Crippen LogP) is 1.44. The summed E-state index contributed by atoms with van der Waals surface area (Å²) >= 11 is 1.39. The SMILES string of the molecule is COc1ccccc1CN1C[C@H](C(=O)NCCc2csc(N)n2)CC1=O. The Labute approximate surface area is 156 Å². The molecule has 7 nitrogen and oxygen atoms in total. The molecule has 3 N–H and O–H groups in total. The van der Waals surface area contributed by atoms with Gasteiger partial charge >= 0.3 is 0 Å². The average Bonchev–Trinajstić information content (AvgIpc) is 3.21. The van der Waals surface area contributed by atoms with Crippen LogP contribution in [0.15, 0.2) is 29.6 Å². The van der Waals surface area contributed by atoms with Crippen molar-refractivity contribution in [3.05, 3.63) is 40.9 Å². The number of thiazole rings is 1. The number of benzene rings is 1. The highest BCUT2D eigenvalue weighted by Crippen LogP contribution is 2.24. The van der Waals surface area contributed by atoms with Gasteiger partial charge in [0.05, 0.1) is 18.7 Å². The van der Waals surface area contributed by atoms with E-state index in [0.29, 0.717) is 31.2 Å². The van der Waals surface area contributed by atoms with E-state index in [4.69, 9.17) is 10.5 Å². The normalized spacial score (nSPS) is 16.7. The number of likely N-dealkylation sites (tertiary alicyclic amines) is 1. The number of hydrogen-bond acceptors (Lipinski definition) is 6. The first-order chi connectivity index (χ1) is 12.6. The second-order valence-corrected chi connectivity index (χ2v) is 7.09. The summed E-state index contributed by atoms with van der Waals surface area (Å²) in [5.41, 5.74) is 7.40. The largest absolute Gasteiger partial charge is 0.496 e. The van der Waals surface area contributed by atoms with Crippen LogP contribution in [-0.2, 0) is 22.6 Å². The lowest BCUT2D eigenvalue weighted by atomic mass is 10.1. The molecule has 1 aromatic carbocycles. The van der Waals surface area contributed by atoms with E-state index >= 15 is 0 Å². The van der Waals surface area contributed by atoms with Gasteiger partial charge in [0.1, 0.15) is 5.75 Å². The van der Waals surface area contributed by atoms with Crippen molar-refractivity contribution >= 4 is 28.3 Å². The molecule has 2 aromatic rings. The maximum absolute atomic E-state index is 12.4. The van der Waals surface area contributed by atoms with Gasteiger partial charge in [0, 0.05) is 43.4 Å². The highest BCUT2D eigenvalue weighted by molar-refractivity contribution is 7.13. The van der Waals surface area contributed by atoms with Crippen LogP contribution in [-0.4, -0.2) is 41.9 Å². The fraction of sp³-hybridized carbons (Fsp3) is 0.389. The number of carbonyl (C=O) groups is 2. The van der Waals surface area contributed by atoms with Gasteiger partial charge in [-0.25, -0.2) is 4.98 Å². The Balaban J connectivity index is 1.51. The van der Waals surface area contributed by atoms with Gasteiger partial charge in [-0.05, 0) is 6.07 Å². The van der Waals surface area contributed by atoms with Gasteiger partial charge in [0.2, 0.25) is 11.8 Å². The number of para-hydroxylation sites is 1. The Kier molecular flexibility index (Phi) is 5.72. The molecule has 0 bridgehead atoms. The molecule has 1 atom stereocenters. The van der Waals surface area contributed by atoms with E-state index in [-0.39, 0.29) is 24.2 Å². The maximum atomic E-state index is 12.4. The Morgan fingerprint density at radius 3 is 3.00 bits per heavy atom. The van der Waals surface area contributed by atoms with Crippen molar-refractivity contribution in [2.75, 3.05) is 25.9 Å². The molecule has 1 saturated heterocycles. The number of aromatic nitrogens is 1. The van der Waals surface area contributed by atoms with E-state index in [0.717, 1.165) is 17.0 Å². The number of rotatable bonds is 7. The van der Waals surface area contributed by atoms with Gasteiger partial charge < -0.3 is 20.7 Å². The molecule has 0 unspecified atom stereocenters. The number of nitrogens with one attached hydrogen (secondary N) is 1. The van der Waals surface area contributed by atoms with Crippen molar-refractivity contribution in [1.29, 1.82) is 0 Å². The number of anilines is 1. The fourth-order valence-electron chi connectivity index (χ4n) is 3.04. The number of nitrogen functional groups attached to an aromatic ring is 1. The fourth-order valence-corrected chi connectivity index (χ4v) is 3.63. The van der Waals surface area contributed by atoms with E-state index in [2.05, 4.69) is 10.3 Å². The highest BCUT2D eigenvalue weighted by atomic mass is 32.1. The number of methoxy groups -OCH3 is 1. The Morgan fingerprint density at radius 1 is 1.46 bits per heavy atom. The molecule has 1 aromatic heterocycles. The lowest BCUT2D eigenvalue weighted by Gasteiger charge is -2.18. The average molecular weight is 374 g/mol. The molecule has 0 saturated carbocycles. The predicted molar refractivity (Wildman–Crippen MR) is 99.8 cm³/mol. The zero-order valence-electron chi connectivity index (χ0n) is 14.6. The molecule has 2 heterocycles. The third-order valence-electron chi connectivity index (χ3n) is 4.39. The monoisotopic (exact) mass is 374 g/mol. The summed E-state index contributed by atoms with van der Waals surface area (Å²) in [6.07, 6.45) is 0.871. The van der Waals surface area contributed by atoms with Crippen LogP contribution in [0.25, 0.3) is 0 Å². The number of nitrogens with two attached hydrogens (primary N) is 1. The van der Waals surface area contributed by atoms with Gasteiger partial charge in [0.15, 0.2) is 5.13 Å². The highest BCUT2D eigenvalue weighted by Gasteiger charge is 2.34. The molecule has 0 radical (unpaired) electrons. The van der Waals surface area contributed by atoms with E-state index < -0.39 is 0 Å². The summed E-state index contributed by atoms with van der Waals surface area (Å²) in [5.74, 6) is 0.320. The summed E-state index contributed by atoms with van der Waals surface area (Å²) in [6.45, 7) is 1.36. The Bertz CT molecular complexity index is 792. The Hall–Kier alpha value is -2.61. The molecule has 0 aliphatic carbocycles. The number of nitrogens with zero attached hydrogens (tertiary/aromatic N) is 2. The van der Waals surface area contributed by atoms with Crippen molar-refractivity contribution in [2.45, 2.75) is 19.4 Å².